The molecule has 0 saturated carbocycles. The molecule has 0 radical (unpaired) electrons. The molecule has 2 aromatic heterocycles. The van der Waals surface area contributed by atoms with Gasteiger partial charge in [-0.15, -0.1) is 11.3 Å². The van der Waals surface area contributed by atoms with Crippen LogP contribution >= 0.6 is 11.3 Å². The molecule has 0 bridgehead atoms. The van der Waals surface area contributed by atoms with E-state index in [-0.39, 0.29) is 11.3 Å². The van der Waals surface area contributed by atoms with Gasteiger partial charge in [-0.1, -0.05) is 41.5 Å². The van der Waals surface area contributed by atoms with Gasteiger partial charge in [-0.3, -0.25) is 4.79 Å². The first-order valence-corrected chi connectivity index (χ1v) is 12.4. The second-order valence-electron chi connectivity index (χ2n) is 10.3. The molecule has 0 N–H and O–H groups in total. The van der Waals surface area contributed by atoms with Crippen molar-refractivity contribution in [1.29, 1.82) is 0 Å². The zero-order valence-corrected chi connectivity index (χ0v) is 20.2. The molecule has 3 heterocycles. The minimum Gasteiger partial charge on any atom is -0.352 e. The predicted octanol–water partition coefficient (Wildman–Crippen LogP) is 5.02. The number of carbonyl (C=O) groups excluding carboxylic acids is 1. The summed E-state index contributed by atoms with van der Waals surface area (Å²) in [6, 6.07) is 0. The summed E-state index contributed by atoms with van der Waals surface area (Å²) in [5.74, 6) is 3.44. The number of piperazine rings is 1. The van der Waals surface area contributed by atoms with Crippen LogP contribution in [-0.4, -0.2) is 47.0 Å². The Balaban J connectivity index is 1.70. The van der Waals surface area contributed by atoms with Crippen molar-refractivity contribution >= 4 is 33.3 Å². The van der Waals surface area contributed by atoms with Crippen LogP contribution in [0, 0.1) is 11.3 Å². The van der Waals surface area contributed by atoms with Crippen molar-refractivity contribution in [2.45, 2.75) is 73.1 Å². The van der Waals surface area contributed by atoms with Crippen molar-refractivity contribution in [3.05, 3.63) is 16.3 Å². The standard InChI is InChI=1S/C24H36N4OS/c1-7-16(3)20-25-21(27-10-12-28(13-11-27)23(29)24(4,5)6)19-17-9-8-15(2)14-18(17)30-22(19)26-20/h15-16H,7-14H2,1-6H3/t15-,16-/m1/s1. The summed E-state index contributed by atoms with van der Waals surface area (Å²) < 4.78 is 0. The van der Waals surface area contributed by atoms with Crippen LogP contribution in [0.15, 0.2) is 0 Å². The number of nitrogens with zero attached hydrogens (tertiary/aromatic N) is 4. The Bertz CT molecular complexity index is 937. The maximum atomic E-state index is 12.7. The van der Waals surface area contributed by atoms with Gasteiger partial charge >= 0.3 is 0 Å². The Morgan fingerprint density at radius 2 is 1.90 bits per heavy atom. The number of carbonyl (C=O) groups is 1. The van der Waals surface area contributed by atoms with E-state index in [0.29, 0.717) is 5.92 Å². The quantitative estimate of drug-likeness (QED) is 0.688. The van der Waals surface area contributed by atoms with Crippen molar-refractivity contribution in [1.82, 2.24) is 14.9 Å². The van der Waals surface area contributed by atoms with Gasteiger partial charge in [0.25, 0.3) is 0 Å². The van der Waals surface area contributed by atoms with Crippen molar-refractivity contribution in [3.63, 3.8) is 0 Å². The molecule has 164 valence electrons. The first-order chi connectivity index (χ1) is 14.2. The molecule has 0 unspecified atom stereocenters. The number of hydrogen-bond donors (Lipinski definition) is 0. The van der Waals surface area contributed by atoms with Gasteiger partial charge in [-0.25, -0.2) is 9.97 Å². The Hall–Kier alpha value is -1.69. The summed E-state index contributed by atoms with van der Waals surface area (Å²) in [7, 11) is 0. The average Bonchev–Trinajstić information content (AvgIpc) is 3.08. The summed E-state index contributed by atoms with van der Waals surface area (Å²) in [6.45, 7) is 16.0. The van der Waals surface area contributed by atoms with Gasteiger partial charge in [0.05, 0.1) is 5.39 Å². The van der Waals surface area contributed by atoms with E-state index >= 15 is 0 Å². The molecule has 1 aliphatic heterocycles. The third kappa shape index (κ3) is 3.95. The van der Waals surface area contributed by atoms with Crippen LogP contribution in [0.2, 0.25) is 0 Å². The van der Waals surface area contributed by atoms with Crippen molar-refractivity contribution in [3.8, 4) is 0 Å². The van der Waals surface area contributed by atoms with Gasteiger partial charge in [-0.05, 0) is 37.2 Å². The van der Waals surface area contributed by atoms with Crippen LogP contribution in [-0.2, 0) is 17.6 Å². The average molecular weight is 429 g/mol. The van der Waals surface area contributed by atoms with Crippen LogP contribution < -0.4 is 4.90 Å². The summed E-state index contributed by atoms with van der Waals surface area (Å²) in [5.41, 5.74) is 1.17. The van der Waals surface area contributed by atoms with E-state index in [1.807, 2.05) is 37.0 Å². The maximum Gasteiger partial charge on any atom is 0.228 e. The van der Waals surface area contributed by atoms with E-state index in [1.165, 1.54) is 33.5 Å². The summed E-state index contributed by atoms with van der Waals surface area (Å²) in [6.07, 6.45) is 4.60. The number of thiophene rings is 1. The lowest BCUT2D eigenvalue weighted by molar-refractivity contribution is -0.139. The molecule has 2 atom stereocenters. The van der Waals surface area contributed by atoms with Crippen LogP contribution in [0.25, 0.3) is 10.2 Å². The van der Waals surface area contributed by atoms with Crippen molar-refractivity contribution in [2.75, 3.05) is 31.1 Å². The van der Waals surface area contributed by atoms with Gasteiger partial charge in [-0.2, -0.15) is 0 Å². The summed E-state index contributed by atoms with van der Waals surface area (Å²) in [4.78, 5) is 30.0. The topological polar surface area (TPSA) is 49.3 Å². The Morgan fingerprint density at radius 1 is 1.20 bits per heavy atom. The van der Waals surface area contributed by atoms with Gasteiger partial charge in [0.15, 0.2) is 0 Å². The molecule has 1 saturated heterocycles. The molecule has 1 amide bonds. The number of fused-ring (bicyclic) bond motifs is 3. The Kier molecular flexibility index (Phi) is 5.82. The van der Waals surface area contributed by atoms with Crippen LogP contribution in [0.3, 0.4) is 0 Å². The third-order valence-electron chi connectivity index (χ3n) is 6.71. The molecular formula is C24H36N4OS. The van der Waals surface area contributed by atoms with Gasteiger partial charge in [0, 0.05) is 42.4 Å². The number of aromatic nitrogens is 2. The summed E-state index contributed by atoms with van der Waals surface area (Å²) >= 11 is 1.89. The minimum absolute atomic E-state index is 0.247. The smallest absolute Gasteiger partial charge is 0.228 e. The number of hydrogen-bond acceptors (Lipinski definition) is 5. The highest BCUT2D eigenvalue weighted by atomic mass is 32.1. The van der Waals surface area contributed by atoms with Gasteiger partial charge in [0.1, 0.15) is 16.5 Å². The lowest BCUT2D eigenvalue weighted by atomic mass is 9.89. The monoisotopic (exact) mass is 428 g/mol. The van der Waals surface area contributed by atoms with Gasteiger partial charge in [0.2, 0.25) is 5.91 Å². The van der Waals surface area contributed by atoms with E-state index in [1.54, 1.807) is 0 Å². The second-order valence-corrected chi connectivity index (χ2v) is 11.4. The predicted molar refractivity (Wildman–Crippen MR) is 126 cm³/mol. The first kappa shape index (κ1) is 21.5. The minimum atomic E-state index is -0.322. The van der Waals surface area contributed by atoms with Crippen LogP contribution in [0.1, 0.15) is 76.6 Å². The van der Waals surface area contributed by atoms with E-state index < -0.39 is 0 Å². The molecule has 1 aliphatic carbocycles. The van der Waals surface area contributed by atoms with Crippen LogP contribution in [0.5, 0.6) is 0 Å². The Morgan fingerprint density at radius 3 is 2.53 bits per heavy atom. The van der Waals surface area contributed by atoms with E-state index in [0.717, 1.165) is 56.6 Å². The molecule has 2 aromatic rings. The normalized spacial score (nSPS) is 21.1. The molecule has 2 aliphatic rings. The third-order valence-corrected chi connectivity index (χ3v) is 7.86. The Labute approximate surface area is 184 Å². The number of anilines is 1. The highest BCUT2D eigenvalue weighted by Gasteiger charge is 2.32. The molecule has 5 nitrogen and oxygen atoms in total. The van der Waals surface area contributed by atoms with Crippen molar-refractivity contribution in [2.24, 2.45) is 11.3 Å². The fourth-order valence-corrected chi connectivity index (χ4v) is 5.95. The fraction of sp³-hybridized carbons (Fsp3) is 0.708. The largest absolute Gasteiger partial charge is 0.352 e. The first-order valence-electron chi connectivity index (χ1n) is 11.6. The molecular weight excluding hydrogens is 392 g/mol. The number of amides is 1. The van der Waals surface area contributed by atoms with E-state index in [9.17, 15) is 4.79 Å². The molecule has 1 fully saturated rings. The zero-order valence-electron chi connectivity index (χ0n) is 19.4. The SMILES string of the molecule is CC[C@@H](C)c1nc(N2CCN(C(=O)C(C)(C)C)CC2)c2c3c(sc2n1)C[C@H](C)CC3. The van der Waals surface area contributed by atoms with Crippen LogP contribution in [0.4, 0.5) is 5.82 Å². The fourth-order valence-electron chi connectivity index (χ4n) is 4.57. The number of rotatable bonds is 3. The lowest BCUT2D eigenvalue weighted by Gasteiger charge is -2.38. The number of aryl methyl sites for hydroxylation is 1. The molecule has 0 aromatic carbocycles. The molecule has 0 spiro atoms. The summed E-state index contributed by atoms with van der Waals surface area (Å²) in [5, 5.41) is 1.30. The zero-order chi connectivity index (χ0) is 21.6. The molecule has 6 heteroatoms. The molecule has 4 rings (SSSR count). The maximum absolute atomic E-state index is 12.7. The lowest BCUT2D eigenvalue weighted by Crippen LogP contribution is -2.52. The highest BCUT2D eigenvalue weighted by molar-refractivity contribution is 7.19. The molecule has 30 heavy (non-hydrogen) atoms. The highest BCUT2D eigenvalue weighted by Crippen LogP contribution is 2.42. The van der Waals surface area contributed by atoms with Gasteiger partial charge < -0.3 is 9.80 Å². The van der Waals surface area contributed by atoms with E-state index in [2.05, 4.69) is 25.7 Å². The second kappa shape index (κ2) is 8.10. The van der Waals surface area contributed by atoms with Crippen molar-refractivity contribution < 1.29 is 4.79 Å². The van der Waals surface area contributed by atoms with E-state index in [4.69, 9.17) is 9.97 Å².